The molecule has 3 heteroatoms. The Hall–Kier alpha value is -1.32. The van der Waals surface area contributed by atoms with E-state index < -0.39 is 0 Å². The third-order valence-electron chi connectivity index (χ3n) is 4.13. The second-order valence-corrected chi connectivity index (χ2v) is 6.18. The van der Waals surface area contributed by atoms with Crippen molar-refractivity contribution in [1.82, 2.24) is 4.57 Å². The van der Waals surface area contributed by atoms with E-state index in [2.05, 4.69) is 65.5 Å². The first kappa shape index (κ1) is 13.7. The van der Waals surface area contributed by atoms with Gasteiger partial charge >= 0.3 is 0 Å². The maximum absolute atomic E-state index is 9.57. The van der Waals surface area contributed by atoms with E-state index in [0.717, 1.165) is 16.6 Å². The molecular formula is C17H18BrNO. The molecule has 1 heterocycles. The van der Waals surface area contributed by atoms with Crippen LogP contribution in [0.25, 0.3) is 21.8 Å². The van der Waals surface area contributed by atoms with Crippen LogP contribution in [0.1, 0.15) is 23.6 Å². The molecule has 0 saturated carbocycles. The van der Waals surface area contributed by atoms with Crippen molar-refractivity contribution in [1.29, 1.82) is 0 Å². The van der Waals surface area contributed by atoms with Crippen LogP contribution in [0.5, 0.6) is 0 Å². The minimum absolute atomic E-state index is 0.0952. The van der Waals surface area contributed by atoms with Crippen LogP contribution in [-0.2, 0) is 13.2 Å². The number of halogens is 1. The number of hydrogen-bond acceptors (Lipinski definition) is 1. The van der Waals surface area contributed by atoms with E-state index in [4.69, 9.17) is 0 Å². The fourth-order valence-corrected chi connectivity index (χ4v) is 3.55. The van der Waals surface area contributed by atoms with Gasteiger partial charge in [0.1, 0.15) is 0 Å². The van der Waals surface area contributed by atoms with Crippen LogP contribution in [0.3, 0.4) is 0 Å². The highest BCUT2D eigenvalue weighted by molar-refractivity contribution is 9.10. The summed E-state index contributed by atoms with van der Waals surface area (Å²) in [6, 6.07) is 8.54. The van der Waals surface area contributed by atoms with Crippen molar-refractivity contribution < 1.29 is 5.11 Å². The molecule has 0 atom stereocenters. The van der Waals surface area contributed by atoms with Gasteiger partial charge in [-0.05, 0) is 49.6 Å². The zero-order chi connectivity index (χ0) is 14.4. The van der Waals surface area contributed by atoms with Gasteiger partial charge in [0.15, 0.2) is 0 Å². The summed E-state index contributed by atoms with van der Waals surface area (Å²) < 4.78 is 3.46. The topological polar surface area (TPSA) is 25.2 Å². The van der Waals surface area contributed by atoms with Crippen molar-refractivity contribution >= 4 is 37.7 Å². The van der Waals surface area contributed by atoms with Gasteiger partial charge in [-0.2, -0.15) is 0 Å². The molecule has 20 heavy (non-hydrogen) atoms. The first-order chi connectivity index (χ1) is 9.58. The molecule has 0 saturated heterocycles. The van der Waals surface area contributed by atoms with Gasteiger partial charge in [-0.1, -0.05) is 28.1 Å². The molecule has 0 spiro atoms. The summed E-state index contributed by atoms with van der Waals surface area (Å²) in [5.41, 5.74) is 5.97. The number of aromatic nitrogens is 1. The summed E-state index contributed by atoms with van der Waals surface area (Å²) in [6.07, 6.45) is 0. The third-order valence-corrected chi connectivity index (χ3v) is 4.63. The predicted molar refractivity (Wildman–Crippen MR) is 88.2 cm³/mol. The summed E-state index contributed by atoms with van der Waals surface area (Å²) in [5, 5.41) is 12.1. The van der Waals surface area contributed by atoms with E-state index in [1.165, 1.54) is 32.9 Å². The molecule has 0 unspecified atom stereocenters. The quantitative estimate of drug-likeness (QED) is 0.724. The number of fused-ring (bicyclic) bond motifs is 3. The number of aliphatic hydroxyl groups excluding tert-OH is 1. The lowest BCUT2D eigenvalue weighted by atomic mass is 9.99. The molecular weight excluding hydrogens is 314 g/mol. The van der Waals surface area contributed by atoms with Crippen LogP contribution in [0.15, 0.2) is 28.7 Å². The number of aryl methyl sites for hydroxylation is 3. The van der Waals surface area contributed by atoms with Crippen LogP contribution in [-0.4, -0.2) is 9.67 Å². The van der Waals surface area contributed by atoms with Crippen molar-refractivity contribution in [3.63, 3.8) is 0 Å². The Balaban J connectivity index is 2.61. The second kappa shape index (κ2) is 4.90. The summed E-state index contributed by atoms with van der Waals surface area (Å²) in [7, 11) is 0. The highest BCUT2D eigenvalue weighted by Crippen LogP contribution is 2.36. The molecule has 0 aliphatic carbocycles. The number of nitrogens with zero attached hydrogens (tertiary/aromatic N) is 1. The van der Waals surface area contributed by atoms with E-state index >= 15 is 0 Å². The molecule has 0 bridgehead atoms. The molecule has 3 rings (SSSR count). The van der Waals surface area contributed by atoms with Crippen molar-refractivity contribution in [2.75, 3.05) is 0 Å². The third kappa shape index (κ3) is 1.80. The van der Waals surface area contributed by atoms with Crippen molar-refractivity contribution in [3.8, 4) is 0 Å². The molecule has 2 nitrogen and oxygen atoms in total. The summed E-state index contributed by atoms with van der Waals surface area (Å²) in [6.45, 7) is 7.44. The molecule has 0 aliphatic rings. The highest BCUT2D eigenvalue weighted by atomic mass is 79.9. The minimum atomic E-state index is 0.0952. The SMILES string of the molecule is CCn1c2cc(Br)ccc2c2c(C)c(CO)cc(C)c21. The lowest BCUT2D eigenvalue weighted by molar-refractivity contribution is 0.281. The Kier molecular flexibility index (Phi) is 3.35. The lowest BCUT2D eigenvalue weighted by Crippen LogP contribution is -1.97. The van der Waals surface area contributed by atoms with Gasteiger partial charge in [-0.15, -0.1) is 0 Å². The number of rotatable bonds is 2. The minimum Gasteiger partial charge on any atom is -0.392 e. The first-order valence-corrected chi connectivity index (χ1v) is 7.69. The Morgan fingerprint density at radius 1 is 1.20 bits per heavy atom. The summed E-state index contributed by atoms with van der Waals surface area (Å²) in [5.74, 6) is 0. The zero-order valence-corrected chi connectivity index (χ0v) is 13.6. The summed E-state index contributed by atoms with van der Waals surface area (Å²) >= 11 is 3.56. The van der Waals surface area contributed by atoms with Crippen LogP contribution < -0.4 is 0 Å². The normalized spacial score (nSPS) is 11.7. The highest BCUT2D eigenvalue weighted by Gasteiger charge is 2.16. The van der Waals surface area contributed by atoms with Crippen LogP contribution in [0, 0.1) is 13.8 Å². The molecule has 1 aromatic heterocycles. The predicted octanol–water partition coefficient (Wildman–Crippen LogP) is 4.69. The van der Waals surface area contributed by atoms with Crippen LogP contribution >= 0.6 is 15.9 Å². The van der Waals surface area contributed by atoms with Crippen molar-refractivity contribution in [2.45, 2.75) is 33.9 Å². The molecule has 1 N–H and O–H groups in total. The fraction of sp³-hybridized carbons (Fsp3) is 0.294. The molecule has 104 valence electrons. The Morgan fingerprint density at radius 3 is 2.60 bits per heavy atom. The Bertz CT molecular complexity index is 817. The smallest absolute Gasteiger partial charge is 0.0684 e. The van der Waals surface area contributed by atoms with Gasteiger partial charge in [0.05, 0.1) is 17.6 Å². The van der Waals surface area contributed by atoms with E-state index in [9.17, 15) is 5.11 Å². The summed E-state index contributed by atoms with van der Waals surface area (Å²) in [4.78, 5) is 0. The van der Waals surface area contributed by atoms with E-state index in [1.54, 1.807) is 0 Å². The fourth-order valence-electron chi connectivity index (χ4n) is 3.20. The van der Waals surface area contributed by atoms with Gasteiger partial charge in [0, 0.05) is 21.8 Å². The molecule has 0 fully saturated rings. The molecule has 0 amide bonds. The average Bonchev–Trinajstić information content (AvgIpc) is 2.76. The zero-order valence-electron chi connectivity index (χ0n) is 12.0. The van der Waals surface area contributed by atoms with Gasteiger partial charge in [-0.25, -0.2) is 0 Å². The lowest BCUT2D eigenvalue weighted by Gasteiger charge is -2.10. The van der Waals surface area contributed by atoms with Gasteiger partial charge in [0.2, 0.25) is 0 Å². The van der Waals surface area contributed by atoms with Crippen molar-refractivity contribution in [2.24, 2.45) is 0 Å². The molecule has 2 aromatic carbocycles. The number of hydrogen-bond donors (Lipinski definition) is 1. The van der Waals surface area contributed by atoms with E-state index in [0.29, 0.717) is 0 Å². The van der Waals surface area contributed by atoms with Gasteiger partial charge < -0.3 is 9.67 Å². The standard InChI is InChI=1S/C17H18BrNO/c1-4-19-15-8-13(18)5-6-14(15)16-11(3)12(9-20)7-10(2)17(16)19/h5-8,20H,4,9H2,1-3H3. The second-order valence-electron chi connectivity index (χ2n) is 5.27. The largest absolute Gasteiger partial charge is 0.392 e. The maximum atomic E-state index is 9.57. The molecule has 0 aliphatic heterocycles. The first-order valence-electron chi connectivity index (χ1n) is 6.89. The molecule has 3 aromatic rings. The average molecular weight is 332 g/mol. The van der Waals surface area contributed by atoms with Gasteiger partial charge in [0.25, 0.3) is 0 Å². The van der Waals surface area contributed by atoms with Crippen LogP contribution in [0.2, 0.25) is 0 Å². The van der Waals surface area contributed by atoms with Crippen molar-refractivity contribution in [3.05, 3.63) is 45.4 Å². The van der Waals surface area contributed by atoms with E-state index in [1.807, 2.05) is 0 Å². The Labute approximate surface area is 127 Å². The van der Waals surface area contributed by atoms with Crippen LogP contribution in [0.4, 0.5) is 0 Å². The number of aliphatic hydroxyl groups is 1. The monoisotopic (exact) mass is 331 g/mol. The maximum Gasteiger partial charge on any atom is 0.0684 e. The number of benzene rings is 2. The van der Waals surface area contributed by atoms with E-state index in [-0.39, 0.29) is 6.61 Å². The Morgan fingerprint density at radius 2 is 1.95 bits per heavy atom. The molecule has 0 radical (unpaired) electrons. The van der Waals surface area contributed by atoms with Gasteiger partial charge in [-0.3, -0.25) is 0 Å².